The average molecular weight is 349 g/mol. The molecule has 0 amide bonds. The van der Waals surface area contributed by atoms with E-state index in [0.29, 0.717) is 21.9 Å². The van der Waals surface area contributed by atoms with Gasteiger partial charge in [-0.15, -0.1) is 10.2 Å². The number of nitrogens with zero attached hydrogens (tertiary/aromatic N) is 3. The highest BCUT2D eigenvalue weighted by molar-refractivity contribution is 7.15. The van der Waals surface area contributed by atoms with E-state index in [0.717, 1.165) is 16.9 Å². The SMILES string of the molecule is CCOc1ccccc1/C=c1\sc2nnc(-c3ccccc3)n2c1=O. The molecule has 4 rings (SSSR count). The monoisotopic (exact) mass is 349 g/mol. The van der Waals surface area contributed by atoms with Crippen LogP contribution in [0.3, 0.4) is 0 Å². The topological polar surface area (TPSA) is 56.5 Å². The highest BCUT2D eigenvalue weighted by atomic mass is 32.1. The van der Waals surface area contributed by atoms with Crippen LogP contribution in [-0.2, 0) is 0 Å². The normalized spacial score (nSPS) is 12.0. The van der Waals surface area contributed by atoms with E-state index in [-0.39, 0.29) is 5.56 Å². The first-order valence-electron chi connectivity index (χ1n) is 7.95. The largest absolute Gasteiger partial charge is 0.493 e. The molecule has 0 saturated carbocycles. The van der Waals surface area contributed by atoms with Crippen LogP contribution in [0.4, 0.5) is 0 Å². The Balaban J connectivity index is 1.90. The quantitative estimate of drug-likeness (QED) is 0.568. The minimum absolute atomic E-state index is 0.116. The lowest BCUT2D eigenvalue weighted by Crippen LogP contribution is -2.23. The van der Waals surface area contributed by atoms with Gasteiger partial charge in [-0.3, -0.25) is 4.79 Å². The van der Waals surface area contributed by atoms with Crippen molar-refractivity contribution in [1.82, 2.24) is 14.6 Å². The van der Waals surface area contributed by atoms with Crippen LogP contribution in [-0.4, -0.2) is 21.2 Å². The number of hydrogen-bond donors (Lipinski definition) is 0. The van der Waals surface area contributed by atoms with Gasteiger partial charge in [0.1, 0.15) is 5.75 Å². The zero-order chi connectivity index (χ0) is 17.2. The molecule has 0 spiro atoms. The highest BCUT2D eigenvalue weighted by Crippen LogP contribution is 2.20. The molecule has 5 nitrogen and oxygen atoms in total. The van der Waals surface area contributed by atoms with Crippen molar-refractivity contribution in [2.24, 2.45) is 0 Å². The maximum atomic E-state index is 12.9. The van der Waals surface area contributed by atoms with Crippen LogP contribution < -0.4 is 14.8 Å². The second-order valence-corrected chi connectivity index (χ2v) is 6.40. The Morgan fingerprint density at radius 2 is 1.84 bits per heavy atom. The van der Waals surface area contributed by atoms with Crippen molar-refractivity contribution in [1.29, 1.82) is 0 Å². The van der Waals surface area contributed by atoms with Gasteiger partial charge in [-0.2, -0.15) is 0 Å². The number of rotatable bonds is 4. The summed E-state index contributed by atoms with van der Waals surface area (Å²) in [6.45, 7) is 2.51. The Morgan fingerprint density at radius 1 is 1.08 bits per heavy atom. The van der Waals surface area contributed by atoms with E-state index in [1.54, 1.807) is 4.40 Å². The zero-order valence-corrected chi connectivity index (χ0v) is 14.4. The number of fused-ring (bicyclic) bond motifs is 1. The van der Waals surface area contributed by atoms with Gasteiger partial charge in [0.15, 0.2) is 5.82 Å². The minimum atomic E-state index is -0.116. The maximum Gasteiger partial charge on any atom is 0.276 e. The molecule has 0 unspecified atom stereocenters. The molecule has 4 aromatic rings. The van der Waals surface area contributed by atoms with Gasteiger partial charge in [-0.1, -0.05) is 59.9 Å². The fourth-order valence-corrected chi connectivity index (χ4v) is 3.57. The van der Waals surface area contributed by atoms with Crippen molar-refractivity contribution < 1.29 is 4.74 Å². The van der Waals surface area contributed by atoms with E-state index in [9.17, 15) is 4.79 Å². The first-order chi connectivity index (χ1) is 12.3. The predicted octanol–water partition coefficient (Wildman–Crippen LogP) is 2.76. The second-order valence-electron chi connectivity index (χ2n) is 5.39. The number of benzene rings is 2. The number of aromatic nitrogens is 3. The molecule has 2 aromatic carbocycles. The fourth-order valence-electron chi connectivity index (χ4n) is 2.66. The number of hydrogen-bond acceptors (Lipinski definition) is 5. The summed E-state index contributed by atoms with van der Waals surface area (Å²) in [7, 11) is 0. The van der Waals surface area contributed by atoms with Crippen LogP contribution in [0, 0.1) is 0 Å². The predicted molar refractivity (Wildman–Crippen MR) is 99.0 cm³/mol. The Bertz CT molecular complexity index is 1130. The summed E-state index contributed by atoms with van der Waals surface area (Å²) in [5.74, 6) is 1.33. The summed E-state index contributed by atoms with van der Waals surface area (Å²) < 4.78 is 7.80. The summed E-state index contributed by atoms with van der Waals surface area (Å²) in [5, 5.41) is 8.32. The molecule has 2 heterocycles. The molecule has 0 N–H and O–H groups in total. The third kappa shape index (κ3) is 2.81. The Labute approximate surface area is 147 Å². The van der Waals surface area contributed by atoms with Gasteiger partial charge in [0.2, 0.25) is 4.96 Å². The van der Waals surface area contributed by atoms with Crippen LogP contribution in [0.25, 0.3) is 22.4 Å². The Morgan fingerprint density at radius 3 is 2.64 bits per heavy atom. The van der Waals surface area contributed by atoms with Crippen LogP contribution >= 0.6 is 11.3 Å². The average Bonchev–Trinajstić information content (AvgIpc) is 3.19. The summed E-state index contributed by atoms with van der Waals surface area (Å²) in [6, 6.07) is 17.3. The maximum absolute atomic E-state index is 12.9. The second kappa shape index (κ2) is 6.49. The molecule has 6 heteroatoms. The summed E-state index contributed by atoms with van der Waals surface area (Å²) in [4.78, 5) is 13.5. The number of para-hydroxylation sites is 1. The third-order valence-electron chi connectivity index (χ3n) is 3.79. The lowest BCUT2D eigenvalue weighted by atomic mass is 10.2. The molecule has 0 aliphatic rings. The first kappa shape index (κ1) is 15.5. The van der Waals surface area contributed by atoms with Gasteiger partial charge < -0.3 is 4.74 Å². The Kier molecular flexibility index (Phi) is 4.03. The molecule has 0 aliphatic heterocycles. The molecule has 2 aromatic heterocycles. The number of thiazole rings is 1. The van der Waals surface area contributed by atoms with Crippen molar-refractivity contribution in [3.8, 4) is 17.1 Å². The molecular weight excluding hydrogens is 334 g/mol. The first-order valence-corrected chi connectivity index (χ1v) is 8.76. The molecule has 25 heavy (non-hydrogen) atoms. The lowest BCUT2D eigenvalue weighted by molar-refractivity contribution is 0.339. The van der Waals surface area contributed by atoms with Crippen molar-refractivity contribution in [3.05, 3.63) is 75.0 Å². The highest BCUT2D eigenvalue weighted by Gasteiger charge is 2.14. The molecule has 0 atom stereocenters. The molecule has 124 valence electrons. The van der Waals surface area contributed by atoms with Crippen LogP contribution in [0.1, 0.15) is 12.5 Å². The molecular formula is C19H15N3O2S. The lowest BCUT2D eigenvalue weighted by Gasteiger charge is -2.05. The van der Waals surface area contributed by atoms with E-state index in [4.69, 9.17) is 4.74 Å². The van der Waals surface area contributed by atoms with Crippen molar-refractivity contribution in [2.45, 2.75) is 6.92 Å². The smallest absolute Gasteiger partial charge is 0.276 e. The van der Waals surface area contributed by atoms with E-state index in [1.807, 2.05) is 67.6 Å². The van der Waals surface area contributed by atoms with Gasteiger partial charge in [-0.25, -0.2) is 4.40 Å². The molecule has 0 bridgehead atoms. The van der Waals surface area contributed by atoms with Gasteiger partial charge in [0.05, 0.1) is 11.1 Å². The van der Waals surface area contributed by atoms with Gasteiger partial charge in [0, 0.05) is 11.1 Å². The third-order valence-corrected chi connectivity index (χ3v) is 4.75. The molecule has 0 aliphatic carbocycles. The number of ether oxygens (including phenoxy) is 1. The van der Waals surface area contributed by atoms with E-state index < -0.39 is 0 Å². The minimum Gasteiger partial charge on any atom is -0.493 e. The van der Waals surface area contributed by atoms with Crippen LogP contribution in [0.15, 0.2) is 59.4 Å². The van der Waals surface area contributed by atoms with Gasteiger partial charge in [0.25, 0.3) is 5.56 Å². The van der Waals surface area contributed by atoms with E-state index in [2.05, 4.69) is 10.2 Å². The standard InChI is InChI=1S/C19H15N3O2S/c1-2-24-15-11-7-6-10-14(15)12-16-18(23)22-17(20-21-19(22)25-16)13-8-4-3-5-9-13/h3-12H,2H2,1H3/b16-12-. The fraction of sp³-hybridized carbons (Fsp3) is 0.105. The summed E-state index contributed by atoms with van der Waals surface area (Å²) in [6.07, 6.45) is 1.85. The van der Waals surface area contributed by atoms with Gasteiger partial charge in [-0.05, 0) is 19.1 Å². The summed E-state index contributed by atoms with van der Waals surface area (Å²) >= 11 is 1.33. The van der Waals surface area contributed by atoms with E-state index >= 15 is 0 Å². The summed E-state index contributed by atoms with van der Waals surface area (Å²) in [5.41, 5.74) is 1.63. The van der Waals surface area contributed by atoms with E-state index in [1.165, 1.54) is 11.3 Å². The van der Waals surface area contributed by atoms with Crippen molar-refractivity contribution >= 4 is 22.4 Å². The van der Waals surface area contributed by atoms with Crippen LogP contribution in [0.2, 0.25) is 0 Å². The van der Waals surface area contributed by atoms with Crippen LogP contribution in [0.5, 0.6) is 5.75 Å². The molecule has 0 radical (unpaired) electrons. The molecule has 0 saturated heterocycles. The Hall–Kier alpha value is -2.99. The van der Waals surface area contributed by atoms with Crippen molar-refractivity contribution in [2.75, 3.05) is 6.61 Å². The van der Waals surface area contributed by atoms with Crippen molar-refractivity contribution in [3.63, 3.8) is 0 Å². The zero-order valence-electron chi connectivity index (χ0n) is 13.5. The van der Waals surface area contributed by atoms with Gasteiger partial charge >= 0.3 is 0 Å². The molecule has 0 fully saturated rings.